The molecule has 0 spiro atoms. The Labute approximate surface area is 162 Å². The molecule has 28 heavy (non-hydrogen) atoms. The third-order valence-corrected chi connectivity index (χ3v) is 4.54. The molecule has 0 radical (unpaired) electrons. The molecule has 2 aromatic carbocycles. The van der Waals surface area contributed by atoms with Crippen LogP contribution in [0.3, 0.4) is 0 Å². The van der Waals surface area contributed by atoms with Crippen molar-refractivity contribution >= 4 is 28.3 Å². The van der Waals surface area contributed by atoms with Crippen LogP contribution in [0.5, 0.6) is 0 Å². The first-order valence-corrected chi connectivity index (χ1v) is 9.01. The van der Waals surface area contributed by atoms with Gasteiger partial charge in [-0.2, -0.15) is 5.10 Å². The van der Waals surface area contributed by atoms with Gasteiger partial charge in [0.25, 0.3) is 0 Å². The lowest BCUT2D eigenvalue weighted by molar-refractivity contribution is 0.100. The number of carbonyl (C=O) groups excluding carboxylic acids is 1. The summed E-state index contributed by atoms with van der Waals surface area (Å²) in [4.78, 5) is 11.3. The van der Waals surface area contributed by atoms with Crippen LogP contribution in [0.2, 0.25) is 0 Å². The Bertz CT molecular complexity index is 1150. The molecular weight excluding hydrogens is 352 g/mol. The normalized spacial score (nSPS) is 11.1. The van der Waals surface area contributed by atoms with Crippen LogP contribution in [-0.4, -0.2) is 25.9 Å². The molecule has 0 saturated heterocycles. The molecule has 0 bridgehead atoms. The Morgan fingerprint density at radius 2 is 1.71 bits per heavy atom. The minimum atomic E-state index is -0.455. The van der Waals surface area contributed by atoms with Crippen molar-refractivity contribution in [3.8, 4) is 11.3 Å². The maximum atomic E-state index is 11.3. The van der Waals surface area contributed by atoms with E-state index in [1.54, 1.807) is 18.3 Å². The zero-order valence-corrected chi connectivity index (χ0v) is 15.6. The van der Waals surface area contributed by atoms with Gasteiger partial charge in [0.05, 0.1) is 6.20 Å². The number of hydrogen-bond donors (Lipinski definition) is 2. The van der Waals surface area contributed by atoms with Crippen molar-refractivity contribution in [3.63, 3.8) is 0 Å². The first kappa shape index (κ1) is 17.7. The molecule has 0 atom stereocenters. The summed E-state index contributed by atoms with van der Waals surface area (Å²) in [7, 11) is 0. The highest BCUT2D eigenvalue weighted by Crippen LogP contribution is 2.31. The number of nitrogens with two attached hydrogens (primary N) is 1. The van der Waals surface area contributed by atoms with E-state index in [9.17, 15) is 4.79 Å². The van der Waals surface area contributed by atoms with Gasteiger partial charge in [0, 0.05) is 34.0 Å². The summed E-state index contributed by atoms with van der Waals surface area (Å²) in [6.07, 6.45) is 1.76. The van der Waals surface area contributed by atoms with Crippen LogP contribution in [0, 0.1) is 0 Å². The Hall–Kier alpha value is -3.74. The second-order valence-corrected chi connectivity index (χ2v) is 6.76. The number of nitrogens with zero attached hydrogens (tertiary/aromatic N) is 4. The summed E-state index contributed by atoms with van der Waals surface area (Å²) < 4.78 is 1.90. The van der Waals surface area contributed by atoms with Crippen molar-refractivity contribution in [1.29, 1.82) is 0 Å². The van der Waals surface area contributed by atoms with E-state index in [0.717, 1.165) is 27.8 Å². The summed E-state index contributed by atoms with van der Waals surface area (Å²) in [5.74, 6) is 1.06. The average molecular weight is 372 g/mol. The summed E-state index contributed by atoms with van der Waals surface area (Å²) >= 11 is 0. The molecule has 3 N–H and O–H groups in total. The van der Waals surface area contributed by atoms with Gasteiger partial charge in [-0.1, -0.05) is 36.4 Å². The number of benzene rings is 2. The SMILES string of the molecule is CC(C)n1nccc1Nc1nnc(-c2ccc(C(N)=O)cc2)c2ccccc12. The van der Waals surface area contributed by atoms with Crippen molar-refractivity contribution in [2.45, 2.75) is 19.9 Å². The maximum absolute atomic E-state index is 11.3. The Morgan fingerprint density at radius 1 is 1.00 bits per heavy atom. The quantitative estimate of drug-likeness (QED) is 0.553. The predicted molar refractivity (Wildman–Crippen MR) is 109 cm³/mol. The Kier molecular flexibility index (Phi) is 4.49. The van der Waals surface area contributed by atoms with Gasteiger partial charge >= 0.3 is 0 Å². The minimum absolute atomic E-state index is 0.222. The fourth-order valence-electron chi connectivity index (χ4n) is 3.15. The van der Waals surface area contributed by atoms with Gasteiger partial charge in [0.15, 0.2) is 5.82 Å². The maximum Gasteiger partial charge on any atom is 0.248 e. The molecule has 1 amide bonds. The molecule has 140 valence electrons. The number of fused-ring (bicyclic) bond motifs is 1. The van der Waals surface area contributed by atoms with E-state index in [1.165, 1.54) is 0 Å². The lowest BCUT2D eigenvalue weighted by Crippen LogP contribution is -2.10. The van der Waals surface area contributed by atoms with Crippen molar-refractivity contribution in [3.05, 3.63) is 66.4 Å². The van der Waals surface area contributed by atoms with Gasteiger partial charge in [-0.25, -0.2) is 4.68 Å². The summed E-state index contributed by atoms with van der Waals surface area (Å²) in [6, 6.07) is 17.1. The fourth-order valence-corrected chi connectivity index (χ4v) is 3.15. The van der Waals surface area contributed by atoms with E-state index in [-0.39, 0.29) is 6.04 Å². The molecule has 0 unspecified atom stereocenters. The van der Waals surface area contributed by atoms with Crippen LogP contribution in [0.25, 0.3) is 22.0 Å². The molecule has 4 aromatic rings. The number of anilines is 2. The monoisotopic (exact) mass is 372 g/mol. The van der Waals surface area contributed by atoms with Crippen molar-refractivity contribution in [2.24, 2.45) is 5.73 Å². The number of primary amides is 1. The number of hydrogen-bond acceptors (Lipinski definition) is 5. The first-order valence-electron chi connectivity index (χ1n) is 9.01. The molecule has 7 nitrogen and oxygen atoms in total. The van der Waals surface area contributed by atoms with Gasteiger partial charge in [-0.3, -0.25) is 4.79 Å². The molecular formula is C21H20N6O. The molecule has 4 rings (SSSR count). The number of amides is 1. The average Bonchev–Trinajstić information content (AvgIpc) is 3.17. The molecule has 0 aliphatic heterocycles. The largest absolute Gasteiger partial charge is 0.366 e. The second-order valence-electron chi connectivity index (χ2n) is 6.76. The van der Waals surface area contributed by atoms with Gasteiger partial charge in [0.1, 0.15) is 11.5 Å². The van der Waals surface area contributed by atoms with Gasteiger partial charge in [-0.15, -0.1) is 10.2 Å². The van der Waals surface area contributed by atoms with Crippen LogP contribution >= 0.6 is 0 Å². The standard InChI is InChI=1S/C21H20N6O/c1-13(2)27-18(11-12-23-27)24-21-17-6-4-3-5-16(17)19(25-26-21)14-7-9-15(10-8-14)20(22)28/h3-13H,1-2H3,(H2,22,28)(H,24,26). The molecule has 0 fully saturated rings. The second kappa shape index (κ2) is 7.11. The number of carbonyl (C=O) groups is 1. The van der Waals surface area contributed by atoms with E-state index < -0.39 is 5.91 Å². The molecule has 2 heterocycles. The van der Waals surface area contributed by atoms with Crippen LogP contribution in [-0.2, 0) is 0 Å². The van der Waals surface area contributed by atoms with Gasteiger partial charge < -0.3 is 11.1 Å². The highest BCUT2D eigenvalue weighted by atomic mass is 16.1. The molecule has 2 aromatic heterocycles. The fraction of sp³-hybridized carbons (Fsp3) is 0.143. The third-order valence-electron chi connectivity index (χ3n) is 4.54. The smallest absolute Gasteiger partial charge is 0.248 e. The highest BCUT2D eigenvalue weighted by Gasteiger charge is 2.13. The van der Waals surface area contributed by atoms with E-state index >= 15 is 0 Å². The number of aromatic nitrogens is 4. The molecule has 7 heteroatoms. The van der Waals surface area contributed by atoms with Crippen LogP contribution in [0.15, 0.2) is 60.8 Å². The molecule has 0 aliphatic carbocycles. The Morgan fingerprint density at radius 3 is 2.39 bits per heavy atom. The van der Waals surface area contributed by atoms with Crippen molar-refractivity contribution in [1.82, 2.24) is 20.0 Å². The van der Waals surface area contributed by atoms with Gasteiger partial charge in [-0.05, 0) is 26.0 Å². The lowest BCUT2D eigenvalue weighted by atomic mass is 10.0. The predicted octanol–water partition coefficient (Wildman–Crippen LogP) is 3.92. The van der Waals surface area contributed by atoms with E-state index in [1.807, 2.05) is 47.1 Å². The number of rotatable bonds is 5. The minimum Gasteiger partial charge on any atom is -0.366 e. The summed E-state index contributed by atoms with van der Waals surface area (Å²) in [6.45, 7) is 4.14. The first-order chi connectivity index (χ1) is 13.5. The number of nitrogens with one attached hydrogen (secondary N) is 1. The summed E-state index contributed by atoms with van der Waals surface area (Å²) in [5, 5.41) is 18.5. The topological polar surface area (TPSA) is 98.7 Å². The molecule has 0 aliphatic rings. The van der Waals surface area contributed by atoms with Crippen molar-refractivity contribution < 1.29 is 4.79 Å². The Balaban J connectivity index is 1.79. The van der Waals surface area contributed by atoms with E-state index in [4.69, 9.17) is 5.73 Å². The zero-order valence-electron chi connectivity index (χ0n) is 15.6. The lowest BCUT2D eigenvalue weighted by Gasteiger charge is -2.14. The van der Waals surface area contributed by atoms with Crippen LogP contribution in [0.1, 0.15) is 30.2 Å². The van der Waals surface area contributed by atoms with E-state index in [2.05, 4.69) is 34.5 Å². The van der Waals surface area contributed by atoms with Gasteiger partial charge in [0.2, 0.25) is 5.91 Å². The highest BCUT2D eigenvalue weighted by molar-refractivity contribution is 6.01. The zero-order chi connectivity index (χ0) is 19.7. The van der Waals surface area contributed by atoms with E-state index in [0.29, 0.717) is 11.4 Å². The van der Waals surface area contributed by atoms with Crippen LogP contribution in [0.4, 0.5) is 11.6 Å². The van der Waals surface area contributed by atoms with Crippen LogP contribution < -0.4 is 11.1 Å². The van der Waals surface area contributed by atoms with Crippen molar-refractivity contribution in [2.75, 3.05) is 5.32 Å². The molecule has 0 saturated carbocycles. The third kappa shape index (κ3) is 3.18. The summed E-state index contributed by atoms with van der Waals surface area (Å²) in [5.41, 5.74) is 7.40.